The highest BCUT2D eigenvalue weighted by atomic mass is 19.1. The Morgan fingerprint density at radius 1 is 1.60 bits per heavy atom. The lowest BCUT2D eigenvalue weighted by Gasteiger charge is -2.23. The molecule has 0 aliphatic rings. The Hall–Kier alpha value is -2.11. The molecule has 1 rings (SSSR count). The van der Waals surface area contributed by atoms with Gasteiger partial charge in [-0.15, -0.1) is 0 Å². The molecule has 5 nitrogen and oxygen atoms in total. The SMILES string of the molecule is [2H]C([2H])([2H])C([2H])([2H])C(=O)N[C@@H](C(=O)OC)[C@@H](C)c1ccc(N)c(F)c1. The number of carbonyl (C=O) groups excluding carboxylic acids is 2. The summed E-state index contributed by atoms with van der Waals surface area (Å²) in [6, 6.07) is 2.36. The van der Waals surface area contributed by atoms with Crippen molar-refractivity contribution >= 4 is 17.6 Å². The Morgan fingerprint density at radius 2 is 2.30 bits per heavy atom. The fourth-order valence-corrected chi connectivity index (χ4v) is 1.71. The molecule has 110 valence electrons. The minimum atomic E-state index is -3.23. The van der Waals surface area contributed by atoms with Crippen LogP contribution in [-0.4, -0.2) is 25.0 Å². The van der Waals surface area contributed by atoms with Crippen molar-refractivity contribution in [3.05, 3.63) is 29.6 Å². The first kappa shape index (κ1) is 9.74. The molecule has 0 saturated heterocycles. The molecule has 3 N–H and O–H groups in total. The number of benzene rings is 1. The van der Waals surface area contributed by atoms with E-state index in [1.165, 1.54) is 19.1 Å². The van der Waals surface area contributed by atoms with Crippen LogP contribution in [0.25, 0.3) is 0 Å². The molecule has 2 atom stereocenters. The molecule has 1 aromatic rings. The van der Waals surface area contributed by atoms with Gasteiger partial charge in [0.15, 0.2) is 0 Å². The van der Waals surface area contributed by atoms with E-state index >= 15 is 0 Å². The van der Waals surface area contributed by atoms with E-state index in [9.17, 15) is 14.0 Å². The van der Waals surface area contributed by atoms with E-state index in [4.69, 9.17) is 12.6 Å². The van der Waals surface area contributed by atoms with Gasteiger partial charge in [0, 0.05) is 19.1 Å². The second kappa shape index (κ2) is 6.88. The van der Waals surface area contributed by atoms with Crippen molar-refractivity contribution < 1.29 is 25.6 Å². The number of amides is 1. The number of ether oxygens (including phenoxy) is 1. The topological polar surface area (TPSA) is 81.4 Å². The summed E-state index contributed by atoms with van der Waals surface area (Å²) in [4.78, 5) is 24.0. The van der Waals surface area contributed by atoms with Gasteiger partial charge in [-0.3, -0.25) is 4.79 Å². The van der Waals surface area contributed by atoms with Crippen molar-refractivity contribution in [1.82, 2.24) is 5.32 Å². The summed E-state index contributed by atoms with van der Waals surface area (Å²) in [6.45, 7) is -1.76. The first-order valence-electron chi connectivity index (χ1n) is 8.26. The number of nitrogens with two attached hydrogens (primary N) is 1. The second-order valence-corrected chi connectivity index (χ2v) is 4.17. The maximum absolute atomic E-state index is 13.6. The van der Waals surface area contributed by atoms with Crippen molar-refractivity contribution in [2.45, 2.75) is 32.1 Å². The third-order valence-electron chi connectivity index (χ3n) is 2.91. The van der Waals surface area contributed by atoms with Crippen LogP contribution in [0.2, 0.25) is 0 Å². The van der Waals surface area contributed by atoms with E-state index in [-0.39, 0.29) is 11.3 Å². The lowest BCUT2D eigenvalue weighted by Crippen LogP contribution is -2.44. The van der Waals surface area contributed by atoms with Gasteiger partial charge in [-0.2, -0.15) is 0 Å². The zero-order valence-corrected chi connectivity index (χ0v) is 11.1. The van der Waals surface area contributed by atoms with Gasteiger partial charge in [0.05, 0.1) is 12.8 Å². The lowest BCUT2D eigenvalue weighted by atomic mass is 9.92. The predicted molar refractivity (Wildman–Crippen MR) is 73.5 cm³/mol. The van der Waals surface area contributed by atoms with Gasteiger partial charge < -0.3 is 15.8 Å². The van der Waals surface area contributed by atoms with E-state index in [1.807, 2.05) is 5.32 Å². The number of anilines is 1. The highest BCUT2D eigenvalue weighted by Crippen LogP contribution is 2.23. The average molecular weight is 287 g/mol. The number of rotatable bonds is 5. The number of halogens is 1. The molecule has 1 amide bonds. The molecule has 0 aliphatic heterocycles. The monoisotopic (exact) mass is 287 g/mol. The van der Waals surface area contributed by atoms with E-state index in [1.54, 1.807) is 0 Å². The van der Waals surface area contributed by atoms with Gasteiger partial charge in [0.2, 0.25) is 5.91 Å². The highest BCUT2D eigenvalue weighted by Gasteiger charge is 2.28. The third kappa shape index (κ3) is 3.69. The quantitative estimate of drug-likeness (QED) is 0.636. The van der Waals surface area contributed by atoms with E-state index < -0.39 is 42.9 Å². The zero-order valence-electron chi connectivity index (χ0n) is 16.1. The molecule has 0 saturated carbocycles. The van der Waals surface area contributed by atoms with Gasteiger partial charge in [-0.05, 0) is 17.7 Å². The van der Waals surface area contributed by atoms with Crippen LogP contribution in [-0.2, 0) is 14.3 Å². The maximum atomic E-state index is 13.6. The number of esters is 1. The summed E-state index contributed by atoms with van der Waals surface area (Å²) in [5.41, 5.74) is 5.57. The minimum absolute atomic E-state index is 0.103. The average Bonchev–Trinajstić information content (AvgIpc) is 2.52. The Labute approximate surface area is 124 Å². The van der Waals surface area contributed by atoms with Crippen molar-refractivity contribution in [3.63, 3.8) is 0 Å². The molecular formula is C14H19FN2O3. The van der Waals surface area contributed by atoms with Crippen LogP contribution < -0.4 is 11.1 Å². The standard InChI is InChI=1S/C14H19FN2O3/c1-4-12(18)17-13(14(19)20-3)8(2)9-5-6-11(16)10(15)7-9/h5-8,13H,4,16H2,1-3H3,(H,17,18)/t8-,13+/m0/s1/i1D3,4D2. The maximum Gasteiger partial charge on any atom is 0.328 e. The van der Waals surface area contributed by atoms with Crippen LogP contribution in [0, 0.1) is 5.82 Å². The fraction of sp³-hybridized carbons (Fsp3) is 0.429. The van der Waals surface area contributed by atoms with Gasteiger partial charge in [-0.25, -0.2) is 9.18 Å². The largest absolute Gasteiger partial charge is 0.467 e. The first-order chi connectivity index (χ1) is 11.3. The highest BCUT2D eigenvalue weighted by molar-refractivity contribution is 5.85. The van der Waals surface area contributed by atoms with E-state index in [0.717, 1.165) is 13.2 Å². The summed E-state index contributed by atoms with van der Waals surface area (Å²) < 4.78 is 54.4. The van der Waals surface area contributed by atoms with E-state index in [2.05, 4.69) is 4.74 Å². The van der Waals surface area contributed by atoms with Crippen LogP contribution >= 0.6 is 0 Å². The molecule has 0 fully saturated rings. The van der Waals surface area contributed by atoms with Gasteiger partial charge in [-0.1, -0.05) is 19.8 Å². The van der Waals surface area contributed by atoms with Crippen LogP contribution in [0.15, 0.2) is 18.2 Å². The molecule has 0 heterocycles. The van der Waals surface area contributed by atoms with Crippen LogP contribution in [0.1, 0.15) is 38.5 Å². The zero-order chi connectivity index (χ0) is 19.6. The van der Waals surface area contributed by atoms with E-state index in [0.29, 0.717) is 0 Å². The predicted octanol–water partition coefficient (Wildman–Crippen LogP) is 1.58. The Kier molecular flexibility index (Phi) is 3.35. The minimum Gasteiger partial charge on any atom is -0.467 e. The molecule has 0 bridgehead atoms. The Bertz CT molecular complexity index is 666. The van der Waals surface area contributed by atoms with Gasteiger partial charge in [0.25, 0.3) is 0 Å². The second-order valence-electron chi connectivity index (χ2n) is 4.17. The molecular weight excluding hydrogens is 263 g/mol. The summed E-state index contributed by atoms with van der Waals surface area (Å²) in [7, 11) is 1.05. The third-order valence-corrected chi connectivity index (χ3v) is 2.91. The normalized spacial score (nSPS) is 18.4. The summed E-state index contributed by atoms with van der Waals surface area (Å²) in [5, 5.41) is 2.04. The van der Waals surface area contributed by atoms with Crippen molar-refractivity contribution in [1.29, 1.82) is 0 Å². The summed E-state index contributed by atoms with van der Waals surface area (Å²) in [6.07, 6.45) is -3.22. The number of hydrogen-bond donors (Lipinski definition) is 2. The Balaban J connectivity index is 3.15. The molecule has 0 unspecified atom stereocenters. The molecule has 20 heavy (non-hydrogen) atoms. The molecule has 6 heteroatoms. The van der Waals surface area contributed by atoms with Crippen molar-refractivity contribution in [2.24, 2.45) is 0 Å². The first-order valence-corrected chi connectivity index (χ1v) is 5.76. The van der Waals surface area contributed by atoms with Gasteiger partial charge >= 0.3 is 5.97 Å². The van der Waals surface area contributed by atoms with Gasteiger partial charge in [0.1, 0.15) is 11.9 Å². The smallest absolute Gasteiger partial charge is 0.328 e. The Morgan fingerprint density at radius 3 is 2.85 bits per heavy atom. The van der Waals surface area contributed by atoms with Crippen LogP contribution in [0.3, 0.4) is 0 Å². The van der Waals surface area contributed by atoms with Crippen molar-refractivity contribution in [3.8, 4) is 0 Å². The lowest BCUT2D eigenvalue weighted by molar-refractivity contribution is -0.145. The van der Waals surface area contributed by atoms with Crippen LogP contribution in [0.4, 0.5) is 10.1 Å². The number of methoxy groups -OCH3 is 1. The summed E-state index contributed by atoms with van der Waals surface area (Å²) >= 11 is 0. The molecule has 0 aromatic heterocycles. The summed E-state index contributed by atoms with van der Waals surface area (Å²) in [5.74, 6) is -3.99. The fourth-order valence-electron chi connectivity index (χ4n) is 1.71. The number of carbonyl (C=O) groups is 2. The molecule has 0 radical (unpaired) electrons. The number of hydrogen-bond acceptors (Lipinski definition) is 4. The van der Waals surface area contributed by atoms with Crippen LogP contribution in [0.5, 0.6) is 0 Å². The van der Waals surface area contributed by atoms with Crippen molar-refractivity contribution in [2.75, 3.05) is 12.8 Å². The molecule has 0 spiro atoms. The number of nitrogen functional groups attached to an aromatic ring is 1. The number of nitrogens with one attached hydrogen (secondary N) is 1. The molecule has 0 aliphatic carbocycles. The molecule has 1 aromatic carbocycles.